The van der Waals surface area contributed by atoms with Crippen molar-refractivity contribution in [2.24, 2.45) is 0 Å². The second-order valence-corrected chi connectivity index (χ2v) is 14.8. The lowest BCUT2D eigenvalue weighted by Crippen LogP contribution is -1.95. The molecule has 10 aromatic rings. The fraction of sp³-hybridized carbons (Fsp3) is 0.0179. The minimum atomic E-state index is 0.924. The van der Waals surface area contributed by atoms with Crippen molar-refractivity contribution in [3.8, 4) is 22.5 Å². The van der Waals surface area contributed by atoms with Gasteiger partial charge in [0.1, 0.15) is 0 Å². The van der Waals surface area contributed by atoms with Crippen LogP contribution in [0.4, 0.5) is 0 Å². The van der Waals surface area contributed by atoms with Gasteiger partial charge in [-0.25, -0.2) is 0 Å². The van der Waals surface area contributed by atoms with Crippen LogP contribution in [0.1, 0.15) is 23.6 Å². The smallest absolute Gasteiger partial charge is 0.0541 e. The van der Waals surface area contributed by atoms with E-state index < -0.39 is 0 Å². The van der Waals surface area contributed by atoms with Crippen molar-refractivity contribution >= 4 is 60.3 Å². The number of allylic oxidation sites excluding steroid dienone is 5. The summed E-state index contributed by atoms with van der Waals surface area (Å²) in [7, 11) is 0. The quantitative estimate of drug-likeness (QED) is 0.108. The van der Waals surface area contributed by atoms with E-state index in [0.29, 0.717) is 0 Å². The summed E-state index contributed by atoms with van der Waals surface area (Å²) in [6.07, 6.45) is 4.53. The second kappa shape index (κ2) is 14.8. The molecule has 0 atom stereocenters. The third-order valence-electron chi connectivity index (χ3n) is 11.3. The fourth-order valence-electron chi connectivity index (χ4n) is 8.51. The molecule has 2 heterocycles. The van der Waals surface area contributed by atoms with Gasteiger partial charge in [0.2, 0.25) is 0 Å². The van der Waals surface area contributed by atoms with E-state index in [9.17, 15) is 0 Å². The number of rotatable bonds is 8. The number of hydrogen-bond donors (Lipinski definition) is 0. The molecule has 0 fully saturated rings. The Kier molecular flexibility index (Phi) is 8.88. The predicted octanol–water partition coefficient (Wildman–Crippen LogP) is 14.9. The lowest BCUT2D eigenvalue weighted by atomic mass is 9.94. The van der Waals surface area contributed by atoms with Gasteiger partial charge in [-0.15, -0.1) is 5.73 Å². The van der Waals surface area contributed by atoms with E-state index in [4.69, 9.17) is 0 Å². The SMILES string of the molecule is C=C=C(/C=C(\C=C(/C)c1cccc(-n2c3ccccc3c3ccccc32)c1)c1ccc(-c2ccccc2)cc1)c1cccc(-n2c3ccccc3c3ccccc32)c1. The monoisotopic (exact) mass is 740 g/mol. The Bertz CT molecular complexity index is 3160. The number of para-hydroxylation sites is 4. The topological polar surface area (TPSA) is 9.86 Å². The van der Waals surface area contributed by atoms with Crippen LogP contribution in [0.25, 0.3) is 82.8 Å². The van der Waals surface area contributed by atoms with Crippen LogP contribution in [-0.2, 0) is 0 Å². The highest BCUT2D eigenvalue weighted by Gasteiger charge is 2.15. The van der Waals surface area contributed by atoms with E-state index in [0.717, 1.165) is 44.8 Å². The van der Waals surface area contributed by atoms with Crippen LogP contribution in [0.3, 0.4) is 0 Å². The van der Waals surface area contributed by atoms with Crippen LogP contribution in [0.2, 0.25) is 0 Å². The number of hydrogen-bond acceptors (Lipinski definition) is 0. The van der Waals surface area contributed by atoms with Crippen molar-refractivity contribution in [3.63, 3.8) is 0 Å². The van der Waals surface area contributed by atoms with Crippen molar-refractivity contribution in [2.75, 3.05) is 0 Å². The summed E-state index contributed by atoms with van der Waals surface area (Å²) in [6.45, 7) is 6.43. The zero-order chi connectivity index (χ0) is 39.0. The van der Waals surface area contributed by atoms with Gasteiger partial charge in [0.15, 0.2) is 0 Å². The molecule has 0 unspecified atom stereocenters. The third-order valence-corrected chi connectivity index (χ3v) is 11.3. The number of benzene rings is 8. The molecule has 10 rings (SSSR count). The van der Waals surface area contributed by atoms with Gasteiger partial charge in [0, 0.05) is 38.5 Å². The normalized spacial score (nSPS) is 12.1. The van der Waals surface area contributed by atoms with Crippen LogP contribution in [-0.4, -0.2) is 9.13 Å². The van der Waals surface area contributed by atoms with Crippen LogP contribution >= 0.6 is 0 Å². The van der Waals surface area contributed by atoms with Gasteiger partial charge in [-0.1, -0.05) is 164 Å². The molecule has 0 aliphatic rings. The van der Waals surface area contributed by atoms with E-state index in [1.807, 2.05) is 0 Å². The maximum Gasteiger partial charge on any atom is 0.0541 e. The zero-order valence-electron chi connectivity index (χ0n) is 32.3. The molecule has 58 heavy (non-hydrogen) atoms. The number of aromatic nitrogens is 2. The molecule has 0 spiro atoms. The molecule has 0 bridgehead atoms. The van der Waals surface area contributed by atoms with Crippen molar-refractivity contribution in [1.29, 1.82) is 0 Å². The van der Waals surface area contributed by atoms with Crippen molar-refractivity contribution in [2.45, 2.75) is 6.92 Å². The van der Waals surface area contributed by atoms with Gasteiger partial charge >= 0.3 is 0 Å². The van der Waals surface area contributed by atoms with Crippen LogP contribution < -0.4 is 0 Å². The highest BCUT2D eigenvalue weighted by atomic mass is 15.0. The molecule has 2 heteroatoms. The summed E-state index contributed by atoms with van der Waals surface area (Å²) in [5, 5.41) is 5.00. The van der Waals surface area contributed by atoms with E-state index >= 15 is 0 Å². The Labute approximate surface area is 338 Å². The van der Waals surface area contributed by atoms with Gasteiger partial charge in [0.25, 0.3) is 0 Å². The first-order valence-electron chi connectivity index (χ1n) is 19.8. The third kappa shape index (κ3) is 6.19. The Morgan fingerprint density at radius 1 is 0.414 bits per heavy atom. The van der Waals surface area contributed by atoms with E-state index in [1.54, 1.807) is 0 Å². The van der Waals surface area contributed by atoms with Gasteiger partial charge in [-0.2, -0.15) is 0 Å². The first kappa shape index (κ1) is 34.8. The van der Waals surface area contributed by atoms with Gasteiger partial charge in [-0.3, -0.25) is 0 Å². The van der Waals surface area contributed by atoms with Gasteiger partial charge < -0.3 is 9.13 Å². The standard InChI is InChI=1S/C56H40N2/c1-3-40(45-20-16-22-48(38-45)58-55-29-13-9-25-51(55)52-26-10-14-30-56(52)58)36-46(43-33-31-42(32-34-43)41-17-5-4-6-18-41)35-39(2)44-19-15-21-47(37-44)57-53-27-11-7-23-49(53)50-24-8-12-28-54(50)57/h4-38H,1H2,2H3/b39-35+,46-36+. The van der Waals surface area contributed by atoms with E-state index in [1.165, 1.54) is 54.7 Å². The average molecular weight is 741 g/mol. The lowest BCUT2D eigenvalue weighted by Gasteiger charge is -2.13. The Morgan fingerprint density at radius 3 is 1.34 bits per heavy atom. The minimum absolute atomic E-state index is 0.924. The molecule has 0 saturated heterocycles. The average Bonchev–Trinajstić information content (AvgIpc) is 3.81. The summed E-state index contributed by atoms with van der Waals surface area (Å²) >= 11 is 0. The summed E-state index contributed by atoms with van der Waals surface area (Å²) in [5.41, 5.74) is 19.2. The van der Waals surface area contributed by atoms with E-state index in [-0.39, 0.29) is 0 Å². The van der Waals surface area contributed by atoms with Crippen molar-refractivity contribution < 1.29 is 0 Å². The van der Waals surface area contributed by atoms with Crippen LogP contribution in [0.5, 0.6) is 0 Å². The molecular formula is C56H40N2. The highest BCUT2D eigenvalue weighted by molar-refractivity contribution is 6.10. The second-order valence-electron chi connectivity index (χ2n) is 14.8. The first-order chi connectivity index (χ1) is 28.6. The molecule has 0 amide bonds. The number of nitrogens with zero attached hydrogens (tertiary/aromatic N) is 2. The Balaban J connectivity index is 1.09. The lowest BCUT2D eigenvalue weighted by molar-refractivity contribution is 1.18. The zero-order valence-corrected chi connectivity index (χ0v) is 32.3. The predicted molar refractivity (Wildman–Crippen MR) is 248 cm³/mol. The molecule has 0 radical (unpaired) electrons. The maximum absolute atomic E-state index is 4.22. The van der Waals surface area contributed by atoms with Crippen LogP contribution in [0, 0.1) is 0 Å². The molecule has 2 aromatic heterocycles. The molecule has 2 nitrogen and oxygen atoms in total. The largest absolute Gasteiger partial charge is 0.309 e. The van der Waals surface area contributed by atoms with Crippen LogP contribution in [0.15, 0.2) is 225 Å². The van der Waals surface area contributed by atoms with Gasteiger partial charge in [0.05, 0.1) is 22.1 Å². The molecule has 8 aromatic carbocycles. The minimum Gasteiger partial charge on any atom is -0.309 e. The highest BCUT2D eigenvalue weighted by Crippen LogP contribution is 2.36. The molecular weight excluding hydrogens is 701 g/mol. The summed E-state index contributed by atoms with van der Waals surface area (Å²) < 4.78 is 4.74. The molecule has 0 saturated carbocycles. The molecule has 274 valence electrons. The van der Waals surface area contributed by atoms with Crippen molar-refractivity contribution in [1.82, 2.24) is 9.13 Å². The summed E-state index contributed by atoms with van der Waals surface area (Å²) in [6, 6.07) is 71.6. The molecule has 0 aliphatic heterocycles. The summed E-state index contributed by atoms with van der Waals surface area (Å²) in [4.78, 5) is 0. The molecule has 0 N–H and O–H groups in total. The van der Waals surface area contributed by atoms with Gasteiger partial charge in [-0.05, 0) is 100 Å². The first-order valence-corrected chi connectivity index (χ1v) is 19.8. The van der Waals surface area contributed by atoms with Crippen molar-refractivity contribution in [3.05, 3.63) is 241 Å². The number of fused-ring (bicyclic) bond motifs is 6. The molecule has 0 aliphatic carbocycles. The summed E-state index contributed by atoms with van der Waals surface area (Å²) in [5.74, 6) is 0. The maximum atomic E-state index is 4.22. The van der Waals surface area contributed by atoms with E-state index in [2.05, 4.69) is 241 Å². The Hall–Kier alpha value is -7.64. The Morgan fingerprint density at radius 2 is 0.845 bits per heavy atom. The fourth-order valence-corrected chi connectivity index (χ4v) is 8.51.